The third-order valence-corrected chi connectivity index (χ3v) is 6.74. The first kappa shape index (κ1) is 20.0. The van der Waals surface area contributed by atoms with Crippen molar-refractivity contribution in [3.8, 4) is 11.1 Å². The average Bonchev–Trinajstić information content (AvgIpc) is 3.18. The molecule has 2 N–H and O–H groups in total. The van der Waals surface area contributed by atoms with E-state index in [0.29, 0.717) is 24.3 Å². The van der Waals surface area contributed by atoms with Gasteiger partial charge in [-0.25, -0.2) is 17.6 Å². The number of benzene rings is 1. The summed E-state index contributed by atoms with van der Waals surface area (Å²) in [6.45, 7) is 2.02. The first-order valence-corrected chi connectivity index (χ1v) is 10.8. The lowest BCUT2D eigenvalue weighted by atomic mass is 9.96. The van der Waals surface area contributed by atoms with Crippen LogP contribution in [-0.2, 0) is 0 Å². The lowest BCUT2D eigenvalue weighted by Gasteiger charge is -2.28. The number of halogens is 4. The summed E-state index contributed by atoms with van der Waals surface area (Å²) in [5, 5.41) is 6.12. The quantitative estimate of drug-likeness (QED) is 0.683. The summed E-state index contributed by atoms with van der Waals surface area (Å²) < 4.78 is 62.3. The van der Waals surface area contributed by atoms with Gasteiger partial charge < -0.3 is 15.5 Å². The predicted octanol–water partition coefficient (Wildman–Crippen LogP) is 3.74. The molecule has 3 aliphatic rings. The van der Waals surface area contributed by atoms with Crippen molar-refractivity contribution in [3.63, 3.8) is 0 Å². The van der Waals surface area contributed by atoms with E-state index in [1.807, 2.05) is 4.90 Å². The minimum Gasteiger partial charge on any atom is -0.368 e. The van der Waals surface area contributed by atoms with Gasteiger partial charge in [0.2, 0.25) is 6.43 Å². The van der Waals surface area contributed by atoms with Crippen molar-refractivity contribution >= 4 is 11.6 Å². The van der Waals surface area contributed by atoms with E-state index in [0.717, 1.165) is 44.0 Å². The Balaban J connectivity index is 1.58. The van der Waals surface area contributed by atoms with E-state index in [-0.39, 0.29) is 29.3 Å². The maximum atomic E-state index is 14.0. The van der Waals surface area contributed by atoms with Gasteiger partial charge in [0.25, 0.3) is 5.91 Å². The van der Waals surface area contributed by atoms with Crippen LogP contribution in [0.4, 0.5) is 23.2 Å². The molecule has 1 saturated carbocycles. The molecule has 2 saturated heterocycles. The molecule has 3 heterocycles. The molecule has 5 nitrogen and oxygen atoms in total. The van der Waals surface area contributed by atoms with Crippen LogP contribution < -0.4 is 15.5 Å². The molecule has 2 aromatic rings. The Labute approximate surface area is 184 Å². The smallest absolute Gasteiger partial charge is 0.255 e. The van der Waals surface area contributed by atoms with Gasteiger partial charge in [0.1, 0.15) is 11.6 Å². The number of nitrogens with zero attached hydrogens (tertiary/aromatic N) is 2. The molecule has 9 heteroatoms. The molecule has 0 bridgehead atoms. The summed E-state index contributed by atoms with van der Waals surface area (Å²) in [7, 11) is 0. The molecule has 32 heavy (non-hydrogen) atoms. The third-order valence-electron chi connectivity index (χ3n) is 6.74. The summed E-state index contributed by atoms with van der Waals surface area (Å²) in [5.41, 5.74) is 0.692. The molecular formula is C23H24F4N4O. The van der Waals surface area contributed by atoms with Crippen LogP contribution in [0.3, 0.4) is 0 Å². The number of pyridine rings is 1. The summed E-state index contributed by atoms with van der Waals surface area (Å²) >= 11 is 0. The number of rotatable bonds is 5. The van der Waals surface area contributed by atoms with Crippen molar-refractivity contribution in [1.82, 2.24) is 15.6 Å². The zero-order chi connectivity index (χ0) is 23.3. The highest BCUT2D eigenvalue weighted by Crippen LogP contribution is 2.41. The number of hydrogen-bond acceptors (Lipinski definition) is 4. The normalized spacial score (nSPS) is 27.3. The number of alkyl halides is 2. The lowest BCUT2D eigenvalue weighted by Crippen LogP contribution is -2.42. The van der Waals surface area contributed by atoms with Gasteiger partial charge in [0.15, 0.2) is 0 Å². The van der Waals surface area contributed by atoms with E-state index < -0.39 is 35.9 Å². The maximum Gasteiger partial charge on any atom is 0.255 e. The predicted molar refractivity (Wildman–Crippen MR) is 112 cm³/mol. The number of hydrogen-bond donors (Lipinski definition) is 2. The molecule has 1 aromatic carbocycles. The molecule has 170 valence electrons. The minimum absolute atomic E-state index is 0.0628. The van der Waals surface area contributed by atoms with Crippen molar-refractivity contribution in [1.29, 1.82) is 0 Å². The number of amides is 1. The average molecular weight is 449 g/mol. The standard InChI is InChI=1S/C23H24F4N4O/c24-14-6-13(7-15(25)8-14)17-10-28-11-18(22(32)30-19-9-16(19)21(26)27)20(17)31-5-3-23(12-31)2-1-4-29-23/h6-8,10-11,16,19,21,29H,1-5,9,12H2,(H,30,32)/t16-,19-,23+/m1/s1/i11D. The highest BCUT2D eigenvalue weighted by atomic mass is 19.3. The largest absolute Gasteiger partial charge is 0.368 e. The number of nitrogens with one attached hydrogen (secondary N) is 2. The fourth-order valence-electron chi connectivity index (χ4n) is 5.00. The second-order valence-electron chi connectivity index (χ2n) is 8.96. The highest BCUT2D eigenvalue weighted by Gasteiger charge is 2.46. The molecule has 1 amide bonds. The van der Waals surface area contributed by atoms with Crippen molar-refractivity contribution < 1.29 is 23.7 Å². The van der Waals surface area contributed by atoms with E-state index in [2.05, 4.69) is 15.6 Å². The summed E-state index contributed by atoms with van der Waals surface area (Å²) in [6.07, 6.45) is 1.48. The molecule has 5 rings (SSSR count). The fourth-order valence-corrected chi connectivity index (χ4v) is 5.00. The Morgan fingerprint density at radius 2 is 2.06 bits per heavy atom. The van der Waals surface area contributed by atoms with Crippen molar-refractivity contribution in [2.75, 3.05) is 24.5 Å². The molecule has 1 spiro atoms. The molecule has 0 unspecified atom stereocenters. The fraction of sp³-hybridized carbons (Fsp3) is 0.478. The first-order chi connectivity index (χ1) is 15.8. The Morgan fingerprint density at radius 1 is 1.28 bits per heavy atom. The van der Waals surface area contributed by atoms with Crippen LogP contribution in [0, 0.1) is 17.6 Å². The van der Waals surface area contributed by atoms with Gasteiger partial charge in [-0.15, -0.1) is 0 Å². The Hall–Kier alpha value is -2.68. The van der Waals surface area contributed by atoms with Crippen molar-refractivity contribution in [2.24, 2.45) is 5.92 Å². The zero-order valence-corrected chi connectivity index (χ0v) is 17.3. The van der Waals surface area contributed by atoms with Crippen molar-refractivity contribution in [3.05, 3.63) is 47.8 Å². The number of aromatic nitrogens is 1. The van der Waals surface area contributed by atoms with Crippen LogP contribution in [0.2, 0.25) is 0 Å². The van der Waals surface area contributed by atoms with Crippen LogP contribution in [0.15, 0.2) is 30.6 Å². The van der Waals surface area contributed by atoms with E-state index >= 15 is 0 Å². The van der Waals surface area contributed by atoms with Crippen LogP contribution in [-0.4, -0.2) is 48.5 Å². The molecule has 3 atom stereocenters. The van der Waals surface area contributed by atoms with Gasteiger partial charge in [0.05, 0.1) is 12.6 Å². The minimum atomic E-state index is -2.53. The van der Waals surface area contributed by atoms with Crippen LogP contribution >= 0.6 is 0 Å². The number of anilines is 1. The molecule has 2 aliphatic heterocycles. The van der Waals surface area contributed by atoms with Crippen LogP contribution in [0.25, 0.3) is 11.1 Å². The first-order valence-electron chi connectivity index (χ1n) is 11.3. The van der Waals surface area contributed by atoms with Gasteiger partial charge in [-0.2, -0.15) is 0 Å². The molecule has 1 aliphatic carbocycles. The van der Waals surface area contributed by atoms with Crippen LogP contribution in [0.5, 0.6) is 0 Å². The SMILES string of the molecule is [2H]c1ncc(-c2cc(F)cc(F)c2)c(N2CC[C@@]3(CCCN3)C2)c1C(=O)N[C@@H]1C[C@H]1C(F)F. The molecule has 1 aromatic heterocycles. The molecule has 3 fully saturated rings. The second-order valence-corrected chi connectivity index (χ2v) is 8.96. The summed E-state index contributed by atoms with van der Waals surface area (Å²) in [4.78, 5) is 19.1. The molecular weight excluding hydrogens is 424 g/mol. The number of carbonyl (C=O) groups is 1. The van der Waals surface area contributed by atoms with Gasteiger partial charge >= 0.3 is 0 Å². The Morgan fingerprint density at radius 3 is 2.72 bits per heavy atom. The topological polar surface area (TPSA) is 57.3 Å². The van der Waals surface area contributed by atoms with Gasteiger partial charge in [-0.05, 0) is 49.9 Å². The van der Waals surface area contributed by atoms with Gasteiger partial charge in [-0.1, -0.05) is 0 Å². The van der Waals surface area contributed by atoms with E-state index in [1.54, 1.807) is 0 Å². The van der Waals surface area contributed by atoms with Gasteiger partial charge in [0, 0.05) is 54.6 Å². The molecule has 0 radical (unpaired) electrons. The zero-order valence-electron chi connectivity index (χ0n) is 18.3. The lowest BCUT2D eigenvalue weighted by molar-refractivity contribution is 0.0926. The maximum absolute atomic E-state index is 14.0. The Bertz CT molecular complexity index is 1070. The van der Waals surface area contributed by atoms with Crippen LogP contribution in [0.1, 0.15) is 37.4 Å². The highest BCUT2D eigenvalue weighted by molar-refractivity contribution is 6.03. The summed E-state index contributed by atoms with van der Waals surface area (Å²) in [6, 6.07) is 2.40. The summed E-state index contributed by atoms with van der Waals surface area (Å²) in [5.74, 6) is -3.12. The number of carbonyl (C=O) groups excluding carboxylic acids is 1. The van der Waals surface area contributed by atoms with Gasteiger partial charge in [-0.3, -0.25) is 9.78 Å². The van der Waals surface area contributed by atoms with E-state index in [1.165, 1.54) is 6.20 Å². The van der Waals surface area contributed by atoms with Crippen molar-refractivity contribution in [2.45, 2.75) is 43.7 Å². The van der Waals surface area contributed by atoms with E-state index in [4.69, 9.17) is 1.37 Å². The monoisotopic (exact) mass is 449 g/mol. The van der Waals surface area contributed by atoms with E-state index in [9.17, 15) is 22.4 Å². The second kappa shape index (κ2) is 8.03. The third kappa shape index (κ3) is 3.94. The Kier molecular flexibility index (Phi) is 5.01.